The molecule has 1 aromatic heterocycles. The lowest BCUT2D eigenvalue weighted by Gasteiger charge is -2.18. The molecule has 6 nitrogen and oxygen atoms in total. The Hall–Kier alpha value is -2.96. The van der Waals surface area contributed by atoms with E-state index in [1.807, 2.05) is 36.4 Å². The minimum absolute atomic E-state index is 0.408. The van der Waals surface area contributed by atoms with E-state index in [1.165, 1.54) is 0 Å². The van der Waals surface area contributed by atoms with Gasteiger partial charge < -0.3 is 19.5 Å². The molecule has 1 aliphatic heterocycles. The third kappa shape index (κ3) is 6.55. The van der Waals surface area contributed by atoms with Crippen LogP contribution in [0.3, 0.4) is 0 Å². The lowest BCUT2D eigenvalue weighted by Crippen LogP contribution is -2.24. The zero-order valence-corrected chi connectivity index (χ0v) is 20.2. The molecule has 1 saturated heterocycles. The highest BCUT2D eigenvalue weighted by Crippen LogP contribution is 2.29. The van der Waals surface area contributed by atoms with Gasteiger partial charge in [0.05, 0.1) is 18.9 Å². The van der Waals surface area contributed by atoms with E-state index in [9.17, 15) is 0 Å². The summed E-state index contributed by atoms with van der Waals surface area (Å²) in [5.41, 5.74) is 4.33. The molecule has 1 aliphatic rings. The van der Waals surface area contributed by atoms with Gasteiger partial charge in [-0.25, -0.2) is 0 Å². The van der Waals surface area contributed by atoms with Crippen molar-refractivity contribution in [2.75, 3.05) is 33.4 Å². The highest BCUT2D eigenvalue weighted by atomic mass is 16.5. The first-order valence-electron chi connectivity index (χ1n) is 12.2. The second kappa shape index (κ2) is 12.5. The average molecular weight is 462 g/mol. The van der Waals surface area contributed by atoms with E-state index in [0.717, 1.165) is 67.1 Å². The van der Waals surface area contributed by atoms with Crippen molar-refractivity contribution in [1.29, 1.82) is 0 Å². The summed E-state index contributed by atoms with van der Waals surface area (Å²) in [6, 6.07) is 20.4. The molecule has 0 radical (unpaired) electrons. The van der Waals surface area contributed by atoms with Crippen LogP contribution < -0.4 is 14.8 Å². The molecule has 1 fully saturated rings. The van der Waals surface area contributed by atoms with Crippen LogP contribution in [0.5, 0.6) is 11.6 Å². The van der Waals surface area contributed by atoms with E-state index in [0.29, 0.717) is 30.9 Å². The van der Waals surface area contributed by atoms with Crippen LogP contribution in [0.1, 0.15) is 31.0 Å². The predicted octanol–water partition coefficient (Wildman–Crippen LogP) is 4.93. The molecular weight excluding hydrogens is 426 g/mol. The molecule has 2 atom stereocenters. The monoisotopic (exact) mass is 461 g/mol. The van der Waals surface area contributed by atoms with Crippen LogP contribution >= 0.6 is 0 Å². The maximum atomic E-state index is 6.11. The molecule has 0 bridgehead atoms. The summed E-state index contributed by atoms with van der Waals surface area (Å²) < 4.78 is 17.4. The Morgan fingerprint density at radius 3 is 2.41 bits per heavy atom. The molecular formula is C28H35N3O3. The number of benzene rings is 2. The van der Waals surface area contributed by atoms with Crippen molar-refractivity contribution in [3.05, 3.63) is 71.9 Å². The number of hydrogen-bond acceptors (Lipinski definition) is 6. The van der Waals surface area contributed by atoms with Crippen LogP contribution in [0, 0.1) is 11.8 Å². The normalized spacial score (nSPS) is 17.6. The van der Waals surface area contributed by atoms with Gasteiger partial charge >= 0.3 is 0 Å². The molecule has 2 heterocycles. The van der Waals surface area contributed by atoms with Gasteiger partial charge in [0.25, 0.3) is 0 Å². The van der Waals surface area contributed by atoms with Crippen LogP contribution in [0.15, 0.2) is 60.7 Å². The topological polar surface area (TPSA) is 65.5 Å². The molecule has 0 amide bonds. The lowest BCUT2D eigenvalue weighted by molar-refractivity contribution is 0.119. The number of hydrogen-bond donors (Lipinski definition) is 1. The number of ether oxygens (including phenoxy) is 3. The molecule has 180 valence electrons. The number of unbranched alkanes of at least 4 members (excludes halogenated alkanes) is 1. The zero-order chi connectivity index (χ0) is 23.6. The van der Waals surface area contributed by atoms with Crippen molar-refractivity contribution in [2.24, 2.45) is 11.8 Å². The van der Waals surface area contributed by atoms with Gasteiger partial charge in [-0.2, -0.15) is 5.10 Å². The highest BCUT2D eigenvalue weighted by Gasteiger charge is 2.27. The highest BCUT2D eigenvalue weighted by molar-refractivity contribution is 5.67. The summed E-state index contributed by atoms with van der Waals surface area (Å²) in [7, 11) is 1.75. The smallest absolute Gasteiger partial charge is 0.234 e. The first-order chi connectivity index (χ1) is 16.8. The Morgan fingerprint density at radius 2 is 1.68 bits per heavy atom. The predicted molar refractivity (Wildman–Crippen MR) is 134 cm³/mol. The van der Waals surface area contributed by atoms with Gasteiger partial charge in [0.1, 0.15) is 12.4 Å². The fraction of sp³-hybridized carbons (Fsp3) is 0.429. The summed E-state index contributed by atoms with van der Waals surface area (Å²) in [4.78, 5) is 0. The SMILES string of the molecule is CCCCc1nnc(OC[C@@H]2CNC[C@H]2COC)cc1-c1ccc(OCc2ccccc2)cc1. The number of nitrogens with one attached hydrogen (secondary N) is 1. The van der Waals surface area contributed by atoms with Crippen molar-refractivity contribution in [3.8, 4) is 22.8 Å². The summed E-state index contributed by atoms with van der Waals surface area (Å²) >= 11 is 0. The summed E-state index contributed by atoms with van der Waals surface area (Å²) in [5, 5.41) is 12.4. The molecule has 3 aromatic rings. The number of aromatic nitrogens is 2. The quantitative estimate of drug-likeness (QED) is 0.413. The van der Waals surface area contributed by atoms with Gasteiger partial charge in [-0.3, -0.25) is 0 Å². The molecule has 0 unspecified atom stereocenters. The van der Waals surface area contributed by atoms with Crippen LogP contribution in [-0.4, -0.2) is 43.6 Å². The minimum Gasteiger partial charge on any atom is -0.489 e. The second-order valence-electron chi connectivity index (χ2n) is 8.89. The van der Waals surface area contributed by atoms with E-state index in [1.54, 1.807) is 7.11 Å². The number of nitrogens with zero attached hydrogens (tertiary/aromatic N) is 2. The third-order valence-electron chi connectivity index (χ3n) is 6.33. The molecule has 2 aromatic carbocycles. The molecule has 0 spiro atoms. The first-order valence-corrected chi connectivity index (χ1v) is 12.2. The van der Waals surface area contributed by atoms with E-state index in [2.05, 4.69) is 46.7 Å². The molecule has 4 rings (SSSR count). The van der Waals surface area contributed by atoms with Crippen molar-refractivity contribution < 1.29 is 14.2 Å². The third-order valence-corrected chi connectivity index (χ3v) is 6.33. The maximum Gasteiger partial charge on any atom is 0.234 e. The van der Waals surface area contributed by atoms with Crippen molar-refractivity contribution >= 4 is 0 Å². The Morgan fingerprint density at radius 1 is 0.912 bits per heavy atom. The zero-order valence-electron chi connectivity index (χ0n) is 20.2. The van der Waals surface area contributed by atoms with Crippen LogP contribution in [0.4, 0.5) is 0 Å². The fourth-order valence-electron chi connectivity index (χ4n) is 4.30. The Labute approximate surface area is 202 Å². The van der Waals surface area contributed by atoms with Crippen molar-refractivity contribution in [2.45, 2.75) is 32.8 Å². The summed E-state index contributed by atoms with van der Waals surface area (Å²) in [6.07, 6.45) is 3.08. The fourth-order valence-corrected chi connectivity index (χ4v) is 4.30. The largest absolute Gasteiger partial charge is 0.489 e. The van der Waals surface area contributed by atoms with Crippen LogP contribution in [-0.2, 0) is 17.8 Å². The van der Waals surface area contributed by atoms with Gasteiger partial charge in [-0.15, -0.1) is 5.10 Å². The lowest BCUT2D eigenvalue weighted by atomic mass is 9.98. The van der Waals surface area contributed by atoms with Crippen molar-refractivity contribution in [1.82, 2.24) is 15.5 Å². The molecule has 34 heavy (non-hydrogen) atoms. The van der Waals surface area contributed by atoms with Gasteiger partial charge in [0.15, 0.2) is 0 Å². The number of rotatable bonds is 12. The number of methoxy groups -OCH3 is 1. The van der Waals surface area contributed by atoms with Crippen LogP contribution in [0.25, 0.3) is 11.1 Å². The second-order valence-corrected chi connectivity index (χ2v) is 8.89. The van der Waals surface area contributed by atoms with E-state index in [-0.39, 0.29) is 0 Å². The van der Waals surface area contributed by atoms with Gasteiger partial charge in [0.2, 0.25) is 5.88 Å². The van der Waals surface area contributed by atoms with E-state index < -0.39 is 0 Å². The standard InChI is InChI=1S/C28H35N3O3/c1-3-4-10-27-26(15-28(31-30-27)34-20-24-17-29-16-23(24)19-32-2)22-11-13-25(14-12-22)33-18-21-8-6-5-7-9-21/h5-9,11-15,23-24,29H,3-4,10,16-20H2,1-2H3/t23-,24-/m0/s1. The van der Waals surface area contributed by atoms with Gasteiger partial charge in [-0.1, -0.05) is 55.8 Å². The van der Waals surface area contributed by atoms with Gasteiger partial charge in [0, 0.05) is 43.7 Å². The van der Waals surface area contributed by atoms with Crippen molar-refractivity contribution in [3.63, 3.8) is 0 Å². The Kier molecular flexibility index (Phi) is 8.88. The molecule has 6 heteroatoms. The summed E-state index contributed by atoms with van der Waals surface area (Å²) in [5.74, 6) is 2.29. The van der Waals surface area contributed by atoms with Gasteiger partial charge in [-0.05, 0) is 36.1 Å². The number of aryl methyl sites for hydroxylation is 1. The first kappa shape index (κ1) is 24.2. The molecule has 0 saturated carbocycles. The van der Waals surface area contributed by atoms with E-state index >= 15 is 0 Å². The Balaban J connectivity index is 1.46. The summed E-state index contributed by atoms with van der Waals surface area (Å²) in [6.45, 7) is 6.00. The average Bonchev–Trinajstić information content (AvgIpc) is 3.33. The Bertz CT molecular complexity index is 1010. The van der Waals surface area contributed by atoms with Crippen LogP contribution in [0.2, 0.25) is 0 Å². The molecule has 0 aliphatic carbocycles. The maximum absolute atomic E-state index is 6.11. The van der Waals surface area contributed by atoms with E-state index in [4.69, 9.17) is 14.2 Å². The molecule has 1 N–H and O–H groups in total. The minimum atomic E-state index is 0.408.